The van der Waals surface area contributed by atoms with Crippen molar-refractivity contribution < 1.29 is 14.4 Å². The van der Waals surface area contributed by atoms with Gasteiger partial charge in [-0.25, -0.2) is 4.98 Å². The lowest BCUT2D eigenvalue weighted by atomic mass is 10.1. The summed E-state index contributed by atoms with van der Waals surface area (Å²) in [5.74, 6) is -0.193. The highest BCUT2D eigenvalue weighted by Crippen LogP contribution is 2.26. The third kappa shape index (κ3) is 4.03. The quantitative estimate of drug-likeness (QED) is 0.283. The second kappa shape index (κ2) is 7.77. The summed E-state index contributed by atoms with van der Waals surface area (Å²) in [4.78, 5) is 19.0. The van der Waals surface area contributed by atoms with Crippen LogP contribution in [-0.2, 0) is 0 Å². The van der Waals surface area contributed by atoms with Crippen LogP contribution in [-0.4, -0.2) is 21.2 Å². The van der Waals surface area contributed by atoms with Gasteiger partial charge in [-0.2, -0.15) is 0 Å². The number of nitro groups is 1. The number of non-ortho nitro benzene ring substituents is 1. The first-order chi connectivity index (χ1) is 14.1. The van der Waals surface area contributed by atoms with Crippen molar-refractivity contribution in [3.8, 4) is 5.95 Å². The van der Waals surface area contributed by atoms with Gasteiger partial charge in [0.15, 0.2) is 5.69 Å². The topological polar surface area (TPSA) is 102 Å². The predicted molar refractivity (Wildman–Crippen MR) is 111 cm³/mol. The first kappa shape index (κ1) is 18.1. The largest absolute Gasteiger partial charge is 0.479 e. The Morgan fingerprint density at radius 3 is 2.69 bits per heavy atom. The van der Waals surface area contributed by atoms with E-state index >= 15 is 0 Å². The minimum absolute atomic E-state index is 0.00897. The van der Waals surface area contributed by atoms with Crippen LogP contribution in [0.4, 0.5) is 11.4 Å². The number of benzene rings is 3. The maximum atomic E-state index is 10.8. The molecule has 4 rings (SSSR count). The van der Waals surface area contributed by atoms with Gasteiger partial charge in [-0.05, 0) is 23.1 Å². The number of rotatable bonds is 5. The van der Waals surface area contributed by atoms with Gasteiger partial charge in [0.25, 0.3) is 5.69 Å². The smallest absolute Gasteiger partial charge is 0.312 e. The van der Waals surface area contributed by atoms with Gasteiger partial charge in [0.2, 0.25) is 5.89 Å². The van der Waals surface area contributed by atoms with Crippen molar-refractivity contribution in [2.75, 3.05) is 0 Å². The standard InChI is InChI=1S/C22H15N3O4/c26-22-20(14-23-19-10-4-7-16-6-1-2-9-18(16)19)24-21(29-22)12-11-15-5-3-8-17(13-15)25(27)28/h1-14,26H/b12-11+,23-14?. The summed E-state index contributed by atoms with van der Waals surface area (Å²) in [6.07, 6.45) is 4.57. The van der Waals surface area contributed by atoms with E-state index in [1.165, 1.54) is 24.4 Å². The molecule has 0 spiro atoms. The van der Waals surface area contributed by atoms with E-state index in [0.29, 0.717) is 5.56 Å². The zero-order valence-electron chi connectivity index (χ0n) is 15.1. The molecule has 4 aromatic rings. The Bertz CT molecular complexity index is 1250. The van der Waals surface area contributed by atoms with Crippen LogP contribution in [0, 0.1) is 10.1 Å². The number of nitrogens with zero attached hydrogens (tertiary/aromatic N) is 3. The molecule has 0 fully saturated rings. The molecule has 0 saturated carbocycles. The van der Waals surface area contributed by atoms with Crippen molar-refractivity contribution >= 4 is 40.5 Å². The van der Waals surface area contributed by atoms with Crippen LogP contribution in [0.5, 0.6) is 5.95 Å². The zero-order valence-corrected chi connectivity index (χ0v) is 15.1. The molecule has 1 heterocycles. The van der Waals surface area contributed by atoms with E-state index in [0.717, 1.165) is 16.5 Å². The van der Waals surface area contributed by atoms with Gasteiger partial charge in [0.05, 0.1) is 16.8 Å². The van der Waals surface area contributed by atoms with Crippen molar-refractivity contribution in [2.24, 2.45) is 4.99 Å². The molecule has 0 aliphatic carbocycles. The van der Waals surface area contributed by atoms with Gasteiger partial charge in [-0.1, -0.05) is 48.5 Å². The molecule has 0 amide bonds. The fourth-order valence-corrected chi connectivity index (χ4v) is 2.86. The Morgan fingerprint density at radius 1 is 1.03 bits per heavy atom. The molecule has 0 aliphatic heterocycles. The second-order valence-electron chi connectivity index (χ2n) is 6.18. The predicted octanol–water partition coefficient (Wildman–Crippen LogP) is 5.36. The van der Waals surface area contributed by atoms with Gasteiger partial charge in [-0.15, -0.1) is 0 Å². The maximum Gasteiger partial charge on any atom is 0.312 e. The van der Waals surface area contributed by atoms with Crippen LogP contribution in [0.15, 0.2) is 76.1 Å². The highest BCUT2D eigenvalue weighted by molar-refractivity contribution is 5.95. The molecule has 0 aliphatic rings. The molecule has 1 aromatic heterocycles. The van der Waals surface area contributed by atoms with Gasteiger partial charge >= 0.3 is 5.95 Å². The molecule has 29 heavy (non-hydrogen) atoms. The fourth-order valence-electron chi connectivity index (χ4n) is 2.86. The van der Waals surface area contributed by atoms with Gasteiger partial charge < -0.3 is 9.52 Å². The SMILES string of the molecule is O=[N+]([O-])c1cccc(/C=C/c2nc(C=Nc3cccc4ccccc34)c(O)o2)c1. The van der Waals surface area contributed by atoms with Gasteiger partial charge in [0.1, 0.15) is 0 Å². The van der Waals surface area contributed by atoms with E-state index in [-0.39, 0.29) is 23.2 Å². The van der Waals surface area contributed by atoms with E-state index in [9.17, 15) is 15.2 Å². The molecular formula is C22H15N3O4. The third-order valence-corrected chi connectivity index (χ3v) is 4.24. The Balaban J connectivity index is 1.57. The molecular weight excluding hydrogens is 370 g/mol. The molecule has 0 unspecified atom stereocenters. The van der Waals surface area contributed by atoms with E-state index in [4.69, 9.17) is 4.42 Å². The monoisotopic (exact) mass is 385 g/mol. The summed E-state index contributed by atoms with van der Waals surface area (Å²) in [7, 11) is 0. The molecule has 142 valence electrons. The molecule has 3 aromatic carbocycles. The van der Waals surface area contributed by atoms with Crippen molar-refractivity contribution in [3.63, 3.8) is 0 Å². The lowest BCUT2D eigenvalue weighted by Crippen LogP contribution is -1.87. The Morgan fingerprint density at radius 2 is 1.83 bits per heavy atom. The summed E-state index contributed by atoms with van der Waals surface area (Å²) in [6.45, 7) is 0. The number of aromatic hydroxyl groups is 1. The summed E-state index contributed by atoms with van der Waals surface area (Å²) < 4.78 is 5.22. The molecule has 7 nitrogen and oxygen atoms in total. The van der Waals surface area contributed by atoms with Crippen LogP contribution in [0.1, 0.15) is 17.1 Å². The van der Waals surface area contributed by atoms with Crippen molar-refractivity contribution in [1.82, 2.24) is 4.98 Å². The van der Waals surface area contributed by atoms with Crippen molar-refractivity contribution in [2.45, 2.75) is 0 Å². The van der Waals surface area contributed by atoms with Crippen LogP contribution in [0.2, 0.25) is 0 Å². The van der Waals surface area contributed by atoms with E-state index < -0.39 is 4.92 Å². The van der Waals surface area contributed by atoms with Crippen LogP contribution in [0.25, 0.3) is 22.9 Å². The highest BCUT2D eigenvalue weighted by atomic mass is 16.6. The first-order valence-corrected chi connectivity index (χ1v) is 8.74. The molecule has 0 atom stereocenters. The maximum absolute atomic E-state index is 10.8. The van der Waals surface area contributed by atoms with E-state index in [1.54, 1.807) is 18.2 Å². The molecule has 0 saturated heterocycles. The lowest BCUT2D eigenvalue weighted by molar-refractivity contribution is -0.384. The fraction of sp³-hybridized carbons (Fsp3) is 0. The van der Waals surface area contributed by atoms with Crippen molar-refractivity contribution in [1.29, 1.82) is 0 Å². The van der Waals surface area contributed by atoms with Crippen LogP contribution < -0.4 is 0 Å². The molecule has 1 N–H and O–H groups in total. The zero-order chi connectivity index (χ0) is 20.2. The van der Waals surface area contributed by atoms with E-state index in [2.05, 4.69) is 9.98 Å². The second-order valence-corrected chi connectivity index (χ2v) is 6.18. The average molecular weight is 385 g/mol. The summed E-state index contributed by atoms with van der Waals surface area (Å²) >= 11 is 0. The normalized spacial score (nSPS) is 11.6. The Kier molecular flexibility index (Phi) is 4.86. The van der Waals surface area contributed by atoms with Crippen molar-refractivity contribution in [3.05, 3.63) is 94.0 Å². The Labute approximate surface area is 165 Å². The number of hydrogen-bond donors (Lipinski definition) is 1. The average Bonchev–Trinajstić information content (AvgIpc) is 3.10. The van der Waals surface area contributed by atoms with Crippen LogP contribution >= 0.6 is 0 Å². The van der Waals surface area contributed by atoms with Gasteiger partial charge in [0, 0.05) is 23.6 Å². The molecule has 7 heteroatoms. The van der Waals surface area contributed by atoms with E-state index in [1.807, 2.05) is 42.5 Å². The Hall–Kier alpha value is -4.26. The van der Waals surface area contributed by atoms with Gasteiger partial charge in [-0.3, -0.25) is 15.1 Å². The summed E-state index contributed by atoms with van der Waals surface area (Å²) in [6, 6.07) is 19.8. The third-order valence-electron chi connectivity index (χ3n) is 4.24. The number of aromatic nitrogens is 1. The lowest BCUT2D eigenvalue weighted by Gasteiger charge is -2.00. The number of aliphatic imine (C=N–C) groups is 1. The molecule has 0 bridgehead atoms. The number of fused-ring (bicyclic) bond motifs is 1. The first-order valence-electron chi connectivity index (χ1n) is 8.74. The summed E-state index contributed by atoms with van der Waals surface area (Å²) in [5.41, 5.74) is 1.55. The number of hydrogen-bond acceptors (Lipinski definition) is 6. The minimum Gasteiger partial charge on any atom is -0.479 e. The number of nitro benzene ring substituents is 1. The minimum atomic E-state index is -0.462. The summed E-state index contributed by atoms with van der Waals surface area (Å²) in [5, 5.41) is 22.9. The van der Waals surface area contributed by atoms with Crippen LogP contribution in [0.3, 0.4) is 0 Å². The number of oxazole rings is 1. The molecule has 0 radical (unpaired) electrons. The highest BCUT2D eigenvalue weighted by Gasteiger charge is 2.09.